The largest absolute Gasteiger partial charge is 0.397 e. The molecule has 0 heterocycles. The van der Waals surface area contributed by atoms with Gasteiger partial charge < -0.3 is 10.6 Å². The molecular weight excluding hydrogens is 349 g/mol. The first-order valence-corrected chi connectivity index (χ1v) is 6.30. The SMILES string of the molecule is CN(c1cccc(F)c1)c1cc(F)c(I)cc1N. The van der Waals surface area contributed by atoms with Gasteiger partial charge in [0.15, 0.2) is 0 Å². The predicted octanol–water partition coefficient (Wildman–Crippen LogP) is 3.92. The summed E-state index contributed by atoms with van der Waals surface area (Å²) >= 11 is 1.88. The number of anilines is 3. The third-order valence-electron chi connectivity index (χ3n) is 2.63. The second-order valence-corrected chi connectivity index (χ2v) is 5.03. The zero-order chi connectivity index (χ0) is 13.3. The van der Waals surface area contributed by atoms with E-state index in [4.69, 9.17) is 5.73 Å². The second kappa shape index (κ2) is 5.09. The van der Waals surface area contributed by atoms with E-state index in [1.54, 1.807) is 30.1 Å². The van der Waals surface area contributed by atoms with Gasteiger partial charge >= 0.3 is 0 Å². The summed E-state index contributed by atoms with van der Waals surface area (Å²) in [6, 6.07) is 8.96. The van der Waals surface area contributed by atoms with Crippen molar-refractivity contribution in [2.24, 2.45) is 0 Å². The van der Waals surface area contributed by atoms with Crippen LogP contribution in [-0.2, 0) is 0 Å². The fourth-order valence-electron chi connectivity index (χ4n) is 1.67. The van der Waals surface area contributed by atoms with Crippen LogP contribution in [-0.4, -0.2) is 7.05 Å². The van der Waals surface area contributed by atoms with Crippen molar-refractivity contribution < 1.29 is 8.78 Å². The van der Waals surface area contributed by atoms with Gasteiger partial charge in [-0.1, -0.05) is 6.07 Å². The molecule has 0 aliphatic rings. The van der Waals surface area contributed by atoms with Crippen LogP contribution >= 0.6 is 22.6 Å². The Kier molecular flexibility index (Phi) is 3.70. The molecule has 2 rings (SSSR count). The van der Waals surface area contributed by atoms with E-state index in [-0.39, 0.29) is 11.6 Å². The number of halogens is 3. The first-order valence-electron chi connectivity index (χ1n) is 5.23. The standard InChI is InChI=1S/C13H11F2IN2/c1-18(9-4-2-3-8(14)5-9)13-6-10(15)11(16)7-12(13)17/h2-7H,17H2,1H3. The maximum Gasteiger partial charge on any atom is 0.138 e. The molecule has 0 spiro atoms. The van der Waals surface area contributed by atoms with Crippen molar-refractivity contribution in [3.05, 3.63) is 51.6 Å². The molecule has 2 N–H and O–H groups in total. The highest BCUT2D eigenvalue weighted by molar-refractivity contribution is 14.1. The molecule has 0 aliphatic carbocycles. The summed E-state index contributed by atoms with van der Waals surface area (Å²) in [6.07, 6.45) is 0. The minimum absolute atomic E-state index is 0.344. The normalized spacial score (nSPS) is 10.4. The Balaban J connectivity index is 2.46. The molecule has 0 bridgehead atoms. The number of hydrogen-bond acceptors (Lipinski definition) is 2. The van der Waals surface area contributed by atoms with E-state index in [0.29, 0.717) is 20.6 Å². The van der Waals surface area contributed by atoms with E-state index in [1.165, 1.54) is 18.2 Å². The summed E-state index contributed by atoms with van der Waals surface area (Å²) < 4.78 is 27.2. The number of rotatable bonds is 2. The van der Waals surface area contributed by atoms with Crippen LogP contribution in [0.3, 0.4) is 0 Å². The molecule has 5 heteroatoms. The van der Waals surface area contributed by atoms with Crippen molar-refractivity contribution >= 4 is 39.7 Å². The Hall–Kier alpha value is -1.37. The maximum absolute atomic E-state index is 13.6. The molecule has 2 aromatic carbocycles. The number of benzene rings is 2. The highest BCUT2D eigenvalue weighted by Gasteiger charge is 2.11. The fraction of sp³-hybridized carbons (Fsp3) is 0.0769. The summed E-state index contributed by atoms with van der Waals surface area (Å²) in [7, 11) is 1.72. The molecule has 0 unspecified atom stereocenters. The number of nitrogens with two attached hydrogens (primary N) is 1. The quantitative estimate of drug-likeness (QED) is 0.650. The topological polar surface area (TPSA) is 29.3 Å². The van der Waals surface area contributed by atoms with E-state index < -0.39 is 0 Å². The molecule has 0 radical (unpaired) electrons. The Labute approximate surface area is 118 Å². The van der Waals surface area contributed by atoms with Crippen molar-refractivity contribution in [1.29, 1.82) is 0 Å². The van der Waals surface area contributed by atoms with Crippen molar-refractivity contribution in [1.82, 2.24) is 0 Å². The van der Waals surface area contributed by atoms with Crippen LogP contribution < -0.4 is 10.6 Å². The van der Waals surface area contributed by atoms with Crippen molar-refractivity contribution in [2.75, 3.05) is 17.7 Å². The summed E-state index contributed by atoms with van der Waals surface area (Å²) in [5.74, 6) is -0.688. The average molecular weight is 360 g/mol. The fourth-order valence-corrected chi connectivity index (χ4v) is 2.16. The Morgan fingerprint density at radius 3 is 2.56 bits per heavy atom. The van der Waals surface area contributed by atoms with Gasteiger partial charge in [-0.25, -0.2) is 8.78 Å². The third kappa shape index (κ3) is 2.55. The minimum Gasteiger partial charge on any atom is -0.397 e. The lowest BCUT2D eigenvalue weighted by molar-refractivity contribution is 0.620. The van der Waals surface area contributed by atoms with Crippen molar-refractivity contribution in [3.63, 3.8) is 0 Å². The lowest BCUT2D eigenvalue weighted by Gasteiger charge is -2.21. The molecule has 18 heavy (non-hydrogen) atoms. The summed E-state index contributed by atoms with van der Waals surface area (Å²) in [4.78, 5) is 1.65. The van der Waals surface area contributed by atoms with Crippen LogP contribution in [0, 0.1) is 15.2 Å². The van der Waals surface area contributed by atoms with E-state index in [9.17, 15) is 8.78 Å². The van der Waals surface area contributed by atoms with Crippen LogP contribution in [0.4, 0.5) is 25.8 Å². The highest BCUT2D eigenvalue weighted by Crippen LogP contribution is 2.31. The van der Waals surface area contributed by atoms with Crippen LogP contribution in [0.5, 0.6) is 0 Å². The third-order valence-corrected chi connectivity index (χ3v) is 3.45. The zero-order valence-corrected chi connectivity index (χ0v) is 11.8. The molecule has 2 aromatic rings. The van der Waals surface area contributed by atoms with Gasteiger partial charge in [-0.2, -0.15) is 0 Å². The number of nitrogens with zero attached hydrogens (tertiary/aromatic N) is 1. The molecule has 0 aromatic heterocycles. The van der Waals surface area contributed by atoms with Gasteiger partial charge in [-0.15, -0.1) is 0 Å². The van der Waals surface area contributed by atoms with E-state index in [0.717, 1.165) is 0 Å². The molecule has 0 amide bonds. The molecule has 2 nitrogen and oxygen atoms in total. The zero-order valence-electron chi connectivity index (χ0n) is 9.62. The molecule has 0 fully saturated rings. The molecule has 94 valence electrons. The molecule has 0 saturated carbocycles. The van der Waals surface area contributed by atoms with Gasteiger partial charge in [-0.3, -0.25) is 0 Å². The molecule has 0 aliphatic heterocycles. The van der Waals surface area contributed by atoms with Crippen molar-refractivity contribution in [3.8, 4) is 0 Å². The van der Waals surface area contributed by atoms with Gasteiger partial charge in [0.2, 0.25) is 0 Å². The van der Waals surface area contributed by atoms with Crippen LogP contribution in [0.15, 0.2) is 36.4 Å². The molecule has 0 atom stereocenters. The van der Waals surface area contributed by atoms with E-state index in [1.807, 2.05) is 22.6 Å². The van der Waals surface area contributed by atoms with Gasteiger partial charge in [0.05, 0.1) is 14.9 Å². The highest BCUT2D eigenvalue weighted by atomic mass is 127. The molecule has 0 saturated heterocycles. The average Bonchev–Trinajstić information content (AvgIpc) is 2.33. The molecular formula is C13H11F2IN2. The predicted molar refractivity (Wildman–Crippen MR) is 78.0 cm³/mol. The Bertz CT molecular complexity index is 587. The Morgan fingerprint density at radius 1 is 1.17 bits per heavy atom. The first-order chi connectivity index (χ1) is 8.49. The maximum atomic E-state index is 13.6. The Morgan fingerprint density at radius 2 is 1.89 bits per heavy atom. The van der Waals surface area contributed by atoms with Gasteiger partial charge in [0.25, 0.3) is 0 Å². The monoisotopic (exact) mass is 360 g/mol. The van der Waals surface area contributed by atoms with Gasteiger partial charge in [0.1, 0.15) is 11.6 Å². The lowest BCUT2D eigenvalue weighted by atomic mass is 10.2. The summed E-state index contributed by atoms with van der Waals surface area (Å²) in [6.45, 7) is 0. The smallest absolute Gasteiger partial charge is 0.138 e. The van der Waals surface area contributed by atoms with Gasteiger partial charge in [-0.05, 0) is 46.9 Å². The summed E-state index contributed by atoms with van der Waals surface area (Å²) in [5, 5.41) is 0. The van der Waals surface area contributed by atoms with Crippen molar-refractivity contribution in [2.45, 2.75) is 0 Å². The van der Waals surface area contributed by atoms with Crippen LogP contribution in [0.2, 0.25) is 0 Å². The lowest BCUT2D eigenvalue weighted by Crippen LogP contribution is -2.12. The summed E-state index contributed by atoms with van der Waals surface area (Å²) in [5.41, 5.74) is 7.44. The number of hydrogen-bond donors (Lipinski definition) is 1. The first kappa shape index (κ1) is 13.1. The van der Waals surface area contributed by atoms with Crippen LogP contribution in [0.1, 0.15) is 0 Å². The second-order valence-electron chi connectivity index (χ2n) is 3.86. The minimum atomic E-state index is -0.344. The van der Waals surface area contributed by atoms with E-state index in [2.05, 4.69) is 0 Å². The van der Waals surface area contributed by atoms with E-state index >= 15 is 0 Å². The van der Waals surface area contributed by atoms with Crippen LogP contribution in [0.25, 0.3) is 0 Å². The van der Waals surface area contributed by atoms with Gasteiger partial charge in [0, 0.05) is 18.8 Å². The number of nitrogen functional groups attached to an aromatic ring is 1.